The Morgan fingerprint density at radius 1 is 1.73 bits per heavy atom. The van der Waals surface area contributed by atoms with Crippen LogP contribution in [0.15, 0.2) is 17.5 Å². The summed E-state index contributed by atoms with van der Waals surface area (Å²) in [4.78, 5) is 10.1. The summed E-state index contributed by atoms with van der Waals surface area (Å²) in [5.74, 6) is -0.965. The predicted molar refractivity (Wildman–Crippen MR) is 46.0 cm³/mol. The summed E-state index contributed by atoms with van der Waals surface area (Å²) >= 11 is 7.07. The molecule has 0 aliphatic rings. The van der Waals surface area contributed by atoms with Gasteiger partial charge in [-0.05, 0) is 17.5 Å². The van der Waals surface area contributed by atoms with Crippen molar-refractivity contribution in [1.29, 1.82) is 0 Å². The molecule has 1 rings (SSSR count). The Kier molecular flexibility index (Phi) is 2.68. The maximum absolute atomic E-state index is 10.1. The second-order valence-corrected chi connectivity index (χ2v) is 3.34. The second-order valence-electron chi connectivity index (χ2n) is 1.82. The molecule has 0 spiro atoms. The summed E-state index contributed by atoms with van der Waals surface area (Å²) in [6.07, 6.45) is 2.54. The molecule has 58 valence electrons. The highest BCUT2D eigenvalue weighted by atomic mass is 35.5. The summed E-state index contributed by atoms with van der Waals surface area (Å²) < 4.78 is 0.613. The van der Waals surface area contributed by atoms with Gasteiger partial charge in [0, 0.05) is 11.6 Å². The van der Waals surface area contributed by atoms with E-state index in [1.54, 1.807) is 6.07 Å². The number of carbonyl (C=O) groups is 1. The summed E-state index contributed by atoms with van der Waals surface area (Å²) in [6.45, 7) is 0. The van der Waals surface area contributed by atoms with Crippen molar-refractivity contribution in [2.45, 2.75) is 0 Å². The normalized spacial score (nSPS) is 10.6. The molecule has 1 aromatic rings. The number of hydrogen-bond donors (Lipinski definition) is 1. The number of carboxylic acid groups (broad SMARTS) is 1. The van der Waals surface area contributed by atoms with Gasteiger partial charge >= 0.3 is 5.97 Å². The smallest absolute Gasteiger partial charge is 0.328 e. The Bertz CT molecular complexity index is 290. The number of aliphatic carboxylic acids is 1. The minimum Gasteiger partial charge on any atom is -0.478 e. The molecule has 0 saturated heterocycles. The molecule has 0 bridgehead atoms. The van der Waals surface area contributed by atoms with Gasteiger partial charge in [0.05, 0.1) is 0 Å². The maximum atomic E-state index is 10.1. The molecule has 0 aliphatic carbocycles. The number of thiophene rings is 1. The summed E-state index contributed by atoms with van der Waals surface area (Å²) in [7, 11) is 0. The van der Waals surface area contributed by atoms with Gasteiger partial charge in [-0.25, -0.2) is 4.79 Å². The summed E-state index contributed by atoms with van der Waals surface area (Å²) in [5.41, 5.74) is 0.749. The fourth-order valence-electron chi connectivity index (χ4n) is 0.583. The molecule has 0 atom stereocenters. The standard InChI is InChI=1S/C7H5ClO2S/c8-7-5(3-4-11-7)1-2-6(9)10/h1-4H,(H,9,10). The van der Waals surface area contributed by atoms with Crippen molar-refractivity contribution in [2.75, 3.05) is 0 Å². The minimum atomic E-state index is -0.965. The van der Waals surface area contributed by atoms with Gasteiger partial charge in [-0.1, -0.05) is 11.6 Å². The van der Waals surface area contributed by atoms with Gasteiger partial charge in [-0.3, -0.25) is 0 Å². The van der Waals surface area contributed by atoms with E-state index in [1.165, 1.54) is 17.4 Å². The Morgan fingerprint density at radius 3 is 2.91 bits per heavy atom. The second kappa shape index (κ2) is 3.55. The first kappa shape index (κ1) is 8.30. The molecule has 0 unspecified atom stereocenters. The molecular formula is C7H5ClO2S. The Balaban J connectivity index is 2.79. The van der Waals surface area contributed by atoms with Crippen LogP contribution in [0, 0.1) is 0 Å². The zero-order valence-electron chi connectivity index (χ0n) is 5.45. The number of hydrogen-bond acceptors (Lipinski definition) is 2. The lowest BCUT2D eigenvalue weighted by Crippen LogP contribution is -1.84. The van der Waals surface area contributed by atoms with E-state index in [2.05, 4.69) is 0 Å². The molecular weight excluding hydrogens is 184 g/mol. The van der Waals surface area contributed by atoms with Crippen molar-refractivity contribution in [3.63, 3.8) is 0 Å². The molecule has 1 aromatic heterocycles. The first-order chi connectivity index (χ1) is 5.20. The van der Waals surface area contributed by atoms with E-state index in [4.69, 9.17) is 16.7 Å². The quantitative estimate of drug-likeness (QED) is 0.725. The van der Waals surface area contributed by atoms with Crippen molar-refractivity contribution in [1.82, 2.24) is 0 Å². The van der Waals surface area contributed by atoms with E-state index in [0.717, 1.165) is 11.6 Å². The van der Waals surface area contributed by atoms with E-state index in [-0.39, 0.29) is 0 Å². The maximum Gasteiger partial charge on any atom is 0.328 e. The van der Waals surface area contributed by atoms with Gasteiger partial charge < -0.3 is 5.11 Å². The predicted octanol–water partition coefficient (Wildman–Crippen LogP) is 2.50. The van der Waals surface area contributed by atoms with Crippen LogP contribution in [-0.4, -0.2) is 11.1 Å². The monoisotopic (exact) mass is 188 g/mol. The molecule has 0 aliphatic heterocycles. The van der Waals surface area contributed by atoms with Crippen LogP contribution in [0.5, 0.6) is 0 Å². The van der Waals surface area contributed by atoms with Crippen LogP contribution in [0.4, 0.5) is 0 Å². The van der Waals surface area contributed by atoms with Gasteiger partial charge in [0.15, 0.2) is 0 Å². The van der Waals surface area contributed by atoms with Crippen LogP contribution in [0.1, 0.15) is 5.56 Å². The van der Waals surface area contributed by atoms with Gasteiger partial charge in [0.25, 0.3) is 0 Å². The third-order valence-electron chi connectivity index (χ3n) is 1.05. The number of carboxylic acids is 1. The van der Waals surface area contributed by atoms with Crippen LogP contribution < -0.4 is 0 Å². The zero-order valence-corrected chi connectivity index (χ0v) is 7.02. The van der Waals surface area contributed by atoms with Crippen molar-refractivity contribution < 1.29 is 9.90 Å². The molecule has 0 amide bonds. The largest absolute Gasteiger partial charge is 0.478 e. The number of rotatable bonds is 2. The lowest BCUT2D eigenvalue weighted by Gasteiger charge is -1.84. The molecule has 0 saturated carbocycles. The van der Waals surface area contributed by atoms with E-state index in [9.17, 15) is 4.79 Å². The summed E-state index contributed by atoms with van der Waals surface area (Å²) in [6, 6.07) is 1.77. The molecule has 0 radical (unpaired) electrons. The van der Waals surface area contributed by atoms with Crippen LogP contribution in [0.25, 0.3) is 6.08 Å². The van der Waals surface area contributed by atoms with Crippen LogP contribution in [0.3, 0.4) is 0 Å². The highest BCUT2D eigenvalue weighted by Crippen LogP contribution is 2.23. The lowest BCUT2D eigenvalue weighted by atomic mass is 10.3. The first-order valence-electron chi connectivity index (χ1n) is 2.84. The van der Waals surface area contributed by atoms with E-state index < -0.39 is 5.97 Å². The fourth-order valence-corrected chi connectivity index (χ4v) is 1.47. The minimum absolute atomic E-state index is 0.613. The van der Waals surface area contributed by atoms with E-state index in [0.29, 0.717) is 4.34 Å². The average molecular weight is 189 g/mol. The van der Waals surface area contributed by atoms with Crippen LogP contribution >= 0.6 is 22.9 Å². The third-order valence-corrected chi connectivity index (χ3v) is 2.25. The van der Waals surface area contributed by atoms with Gasteiger partial charge in [0.2, 0.25) is 0 Å². The Morgan fingerprint density at radius 2 is 2.45 bits per heavy atom. The van der Waals surface area contributed by atoms with Crippen LogP contribution in [0.2, 0.25) is 4.34 Å². The van der Waals surface area contributed by atoms with Crippen LogP contribution in [-0.2, 0) is 4.79 Å². The molecule has 4 heteroatoms. The highest BCUT2D eigenvalue weighted by Gasteiger charge is 1.96. The third kappa shape index (κ3) is 2.37. The lowest BCUT2D eigenvalue weighted by molar-refractivity contribution is -0.131. The molecule has 1 heterocycles. The number of halogens is 1. The first-order valence-corrected chi connectivity index (χ1v) is 4.10. The van der Waals surface area contributed by atoms with Crippen molar-refractivity contribution >= 4 is 35.0 Å². The fraction of sp³-hybridized carbons (Fsp3) is 0. The topological polar surface area (TPSA) is 37.3 Å². The average Bonchev–Trinajstić information content (AvgIpc) is 2.31. The van der Waals surface area contributed by atoms with Crippen molar-refractivity contribution in [3.8, 4) is 0 Å². The molecule has 11 heavy (non-hydrogen) atoms. The Hall–Kier alpha value is -0.800. The SMILES string of the molecule is O=C(O)C=Cc1ccsc1Cl. The molecule has 1 N–H and O–H groups in total. The highest BCUT2D eigenvalue weighted by molar-refractivity contribution is 7.14. The van der Waals surface area contributed by atoms with Gasteiger partial charge in [-0.2, -0.15) is 0 Å². The van der Waals surface area contributed by atoms with Gasteiger partial charge in [-0.15, -0.1) is 11.3 Å². The zero-order chi connectivity index (χ0) is 8.27. The Labute approximate surface area is 72.7 Å². The molecule has 0 fully saturated rings. The van der Waals surface area contributed by atoms with E-state index >= 15 is 0 Å². The molecule has 0 aromatic carbocycles. The molecule has 2 nitrogen and oxygen atoms in total. The van der Waals surface area contributed by atoms with E-state index in [1.807, 2.05) is 5.38 Å². The van der Waals surface area contributed by atoms with Crippen molar-refractivity contribution in [3.05, 3.63) is 27.4 Å². The van der Waals surface area contributed by atoms with Gasteiger partial charge in [0.1, 0.15) is 4.34 Å². The van der Waals surface area contributed by atoms with Crippen molar-refractivity contribution in [2.24, 2.45) is 0 Å². The summed E-state index contributed by atoms with van der Waals surface area (Å²) in [5, 5.41) is 10.1.